The first-order valence-electron chi connectivity index (χ1n) is 12.4. The van der Waals surface area contributed by atoms with E-state index < -0.39 is 11.6 Å². The summed E-state index contributed by atoms with van der Waals surface area (Å²) < 4.78 is 0. The molecule has 0 radical (unpaired) electrons. The number of carbonyl (C=O) groups is 3. The van der Waals surface area contributed by atoms with Crippen molar-refractivity contribution >= 4 is 35.1 Å². The highest BCUT2D eigenvalue weighted by molar-refractivity contribution is 6.47. The number of aliphatic carboxylic acids is 1. The summed E-state index contributed by atoms with van der Waals surface area (Å²) in [5.74, 6) is -0.394. The molecule has 2 N–H and O–H groups in total. The molecule has 1 heterocycles. The van der Waals surface area contributed by atoms with Crippen LogP contribution in [0.5, 0.6) is 0 Å². The summed E-state index contributed by atoms with van der Waals surface area (Å²) in [4.78, 5) is 43.6. The third kappa shape index (κ3) is 5.78. The van der Waals surface area contributed by atoms with E-state index in [0.717, 1.165) is 30.4 Å². The predicted octanol–water partition coefficient (Wildman–Crippen LogP) is 4.57. The van der Waals surface area contributed by atoms with E-state index in [-0.39, 0.29) is 24.8 Å². The van der Waals surface area contributed by atoms with Crippen LogP contribution in [0.3, 0.4) is 0 Å². The maximum absolute atomic E-state index is 13.7. The van der Waals surface area contributed by atoms with Crippen LogP contribution in [0.1, 0.15) is 61.0 Å². The van der Waals surface area contributed by atoms with Crippen LogP contribution < -0.4 is 5.32 Å². The second kappa shape index (κ2) is 10.8. The van der Waals surface area contributed by atoms with Gasteiger partial charge in [-0.2, -0.15) is 0 Å². The molecule has 2 aromatic carbocycles. The third-order valence-corrected chi connectivity index (χ3v) is 7.22. The molecule has 0 aromatic heterocycles. The standard InChI is InChI=1S/C28H32ClN3O4/c1-18-14-19(2)17-28(16-18)31-25(22-4-3-5-23(29)15-22)27(36)32(28)13-11-20-6-8-21(9-7-20)26(35)30-12-10-24(33)34/h3-9,15,18-19H,10-14,16-17H2,1-2H3,(H,30,35)(H,33,34). The van der Waals surface area contributed by atoms with E-state index in [2.05, 4.69) is 19.2 Å². The molecule has 2 unspecified atom stereocenters. The Balaban J connectivity index is 1.50. The first-order chi connectivity index (χ1) is 17.2. The van der Waals surface area contributed by atoms with Gasteiger partial charge >= 0.3 is 5.97 Å². The Labute approximate surface area is 216 Å². The van der Waals surface area contributed by atoms with Gasteiger partial charge in [0.15, 0.2) is 0 Å². The van der Waals surface area contributed by atoms with Crippen LogP contribution >= 0.6 is 11.6 Å². The Morgan fingerprint density at radius 1 is 1.14 bits per heavy atom. The quantitative estimate of drug-likeness (QED) is 0.544. The number of rotatable bonds is 8. The largest absolute Gasteiger partial charge is 0.481 e. The molecule has 4 rings (SSSR count). The molecule has 7 nitrogen and oxygen atoms in total. The van der Waals surface area contributed by atoms with Crippen LogP contribution in [0.4, 0.5) is 0 Å². The van der Waals surface area contributed by atoms with E-state index in [4.69, 9.17) is 21.7 Å². The van der Waals surface area contributed by atoms with Gasteiger partial charge in [0.2, 0.25) is 0 Å². The number of benzene rings is 2. The fourth-order valence-corrected chi connectivity index (χ4v) is 5.77. The third-order valence-electron chi connectivity index (χ3n) is 6.99. The minimum absolute atomic E-state index is 0.0620. The maximum Gasteiger partial charge on any atom is 0.305 e. The minimum atomic E-state index is -0.955. The van der Waals surface area contributed by atoms with Crippen molar-refractivity contribution < 1.29 is 19.5 Å². The summed E-state index contributed by atoms with van der Waals surface area (Å²) in [6.07, 6.45) is 3.31. The summed E-state index contributed by atoms with van der Waals surface area (Å²) in [6, 6.07) is 14.5. The van der Waals surface area contributed by atoms with Gasteiger partial charge in [-0.25, -0.2) is 0 Å². The number of amides is 2. The molecule has 1 saturated carbocycles. The van der Waals surface area contributed by atoms with Gasteiger partial charge in [-0.15, -0.1) is 0 Å². The fraction of sp³-hybridized carbons (Fsp3) is 0.429. The fourth-order valence-electron chi connectivity index (χ4n) is 5.58. The predicted molar refractivity (Wildman–Crippen MR) is 139 cm³/mol. The normalized spacial score (nSPS) is 23.6. The van der Waals surface area contributed by atoms with Crippen molar-refractivity contribution in [1.29, 1.82) is 0 Å². The van der Waals surface area contributed by atoms with Crippen molar-refractivity contribution in [2.24, 2.45) is 16.8 Å². The van der Waals surface area contributed by atoms with E-state index in [0.29, 0.717) is 41.1 Å². The van der Waals surface area contributed by atoms with Gasteiger partial charge in [0, 0.05) is 29.2 Å². The SMILES string of the molecule is CC1CC(C)CC2(C1)N=C(c1cccc(Cl)c1)C(=O)N2CCc1ccc(C(=O)NCCC(=O)O)cc1. The van der Waals surface area contributed by atoms with Crippen molar-refractivity contribution in [2.75, 3.05) is 13.1 Å². The zero-order valence-electron chi connectivity index (χ0n) is 20.7. The van der Waals surface area contributed by atoms with Gasteiger partial charge in [-0.3, -0.25) is 19.4 Å². The average Bonchev–Trinajstić information content (AvgIpc) is 3.07. The van der Waals surface area contributed by atoms with Crippen LogP contribution in [0.15, 0.2) is 53.5 Å². The van der Waals surface area contributed by atoms with Gasteiger partial charge in [-0.1, -0.05) is 49.7 Å². The molecule has 2 atom stereocenters. The first kappa shape index (κ1) is 25.9. The molecule has 36 heavy (non-hydrogen) atoms. The number of carbonyl (C=O) groups excluding carboxylic acids is 2. The monoisotopic (exact) mass is 509 g/mol. The van der Waals surface area contributed by atoms with Crippen molar-refractivity contribution in [3.05, 3.63) is 70.2 Å². The molecule has 2 aliphatic rings. The summed E-state index contributed by atoms with van der Waals surface area (Å²) in [6.45, 7) is 5.07. The number of nitrogens with one attached hydrogen (secondary N) is 1. The summed E-state index contributed by atoms with van der Waals surface area (Å²) in [5.41, 5.74) is 2.16. The van der Waals surface area contributed by atoms with Crippen LogP contribution in [0.25, 0.3) is 0 Å². The molecule has 0 bridgehead atoms. The summed E-state index contributed by atoms with van der Waals surface area (Å²) in [5, 5.41) is 11.9. The van der Waals surface area contributed by atoms with E-state index in [1.54, 1.807) is 24.3 Å². The summed E-state index contributed by atoms with van der Waals surface area (Å²) in [7, 11) is 0. The lowest BCUT2D eigenvalue weighted by Gasteiger charge is -2.44. The molecule has 0 saturated heterocycles. The smallest absolute Gasteiger partial charge is 0.305 e. The van der Waals surface area contributed by atoms with Crippen LogP contribution in [-0.4, -0.2) is 52.3 Å². The molecule has 1 aliphatic heterocycles. The maximum atomic E-state index is 13.7. The van der Waals surface area contributed by atoms with Gasteiger partial charge in [0.25, 0.3) is 11.8 Å². The van der Waals surface area contributed by atoms with Crippen molar-refractivity contribution in [3.63, 3.8) is 0 Å². The van der Waals surface area contributed by atoms with Crippen molar-refractivity contribution in [2.45, 2.75) is 51.6 Å². The Morgan fingerprint density at radius 3 is 2.47 bits per heavy atom. The highest BCUT2D eigenvalue weighted by Gasteiger charge is 2.50. The number of carboxylic acid groups (broad SMARTS) is 1. The second-order valence-corrected chi connectivity index (χ2v) is 10.5. The Morgan fingerprint density at radius 2 is 1.83 bits per heavy atom. The zero-order valence-corrected chi connectivity index (χ0v) is 21.4. The highest BCUT2D eigenvalue weighted by atomic mass is 35.5. The number of nitrogens with zero attached hydrogens (tertiary/aromatic N) is 2. The molecule has 1 aliphatic carbocycles. The molecular weight excluding hydrogens is 478 g/mol. The van der Waals surface area contributed by atoms with E-state index in [9.17, 15) is 14.4 Å². The Hall–Kier alpha value is -3.19. The topological polar surface area (TPSA) is 99.1 Å². The lowest BCUT2D eigenvalue weighted by molar-refractivity contribution is -0.136. The van der Waals surface area contributed by atoms with Crippen molar-refractivity contribution in [1.82, 2.24) is 10.2 Å². The molecule has 8 heteroatoms. The molecular formula is C28H32ClN3O4. The molecule has 1 fully saturated rings. The molecule has 2 aromatic rings. The van der Waals surface area contributed by atoms with Gasteiger partial charge < -0.3 is 15.3 Å². The number of aliphatic imine (C=N–C) groups is 1. The van der Waals surface area contributed by atoms with Crippen molar-refractivity contribution in [3.8, 4) is 0 Å². The average molecular weight is 510 g/mol. The zero-order chi connectivity index (χ0) is 25.9. The highest BCUT2D eigenvalue weighted by Crippen LogP contribution is 2.44. The van der Waals surface area contributed by atoms with Crippen LogP contribution in [0.2, 0.25) is 5.02 Å². The second-order valence-electron chi connectivity index (χ2n) is 10.1. The number of hydrogen-bond donors (Lipinski definition) is 2. The molecule has 2 amide bonds. The number of halogens is 1. The number of hydrogen-bond acceptors (Lipinski definition) is 4. The Bertz CT molecular complexity index is 1170. The lowest BCUT2D eigenvalue weighted by atomic mass is 9.76. The Kier molecular flexibility index (Phi) is 7.79. The minimum Gasteiger partial charge on any atom is -0.481 e. The van der Waals surface area contributed by atoms with E-state index >= 15 is 0 Å². The van der Waals surface area contributed by atoms with Gasteiger partial charge in [0.1, 0.15) is 11.4 Å². The number of carboxylic acids is 1. The molecule has 1 spiro atoms. The van der Waals surface area contributed by atoms with Gasteiger partial charge in [0.05, 0.1) is 6.42 Å². The summed E-state index contributed by atoms with van der Waals surface area (Å²) >= 11 is 6.21. The first-order valence-corrected chi connectivity index (χ1v) is 12.8. The van der Waals surface area contributed by atoms with E-state index in [1.807, 2.05) is 29.2 Å². The lowest BCUT2D eigenvalue weighted by Crippen LogP contribution is -2.51. The van der Waals surface area contributed by atoms with Gasteiger partial charge in [-0.05, 0) is 67.3 Å². The van der Waals surface area contributed by atoms with Crippen LogP contribution in [0, 0.1) is 11.8 Å². The van der Waals surface area contributed by atoms with E-state index in [1.165, 1.54) is 0 Å². The van der Waals surface area contributed by atoms with Crippen LogP contribution in [-0.2, 0) is 16.0 Å². The molecule has 190 valence electrons.